The molecule has 0 spiro atoms. The van der Waals surface area contributed by atoms with Crippen molar-refractivity contribution in [1.29, 1.82) is 0 Å². The number of nitrogens with zero attached hydrogens (tertiary/aromatic N) is 2. The molecule has 28 heavy (non-hydrogen) atoms. The summed E-state index contributed by atoms with van der Waals surface area (Å²) in [6.07, 6.45) is 3.74. The molecule has 0 aliphatic carbocycles. The zero-order valence-electron chi connectivity index (χ0n) is 15.6. The predicted octanol–water partition coefficient (Wildman–Crippen LogP) is 1.61. The highest BCUT2D eigenvalue weighted by Gasteiger charge is 2.37. The summed E-state index contributed by atoms with van der Waals surface area (Å²) in [5.41, 5.74) is 1.71. The number of ether oxygens (including phenoxy) is 1. The predicted molar refractivity (Wildman–Crippen MR) is 101 cm³/mol. The lowest BCUT2D eigenvalue weighted by molar-refractivity contribution is -0.128. The van der Waals surface area contributed by atoms with Crippen molar-refractivity contribution in [3.05, 3.63) is 59.9 Å². The van der Waals surface area contributed by atoms with Crippen molar-refractivity contribution in [1.82, 2.24) is 20.5 Å². The van der Waals surface area contributed by atoms with Crippen molar-refractivity contribution in [3.8, 4) is 5.75 Å². The third kappa shape index (κ3) is 4.85. The molecule has 2 heterocycles. The van der Waals surface area contributed by atoms with Crippen LogP contribution in [0.2, 0.25) is 0 Å². The van der Waals surface area contributed by atoms with Gasteiger partial charge in [0.15, 0.2) is 0 Å². The molecule has 1 aliphatic heterocycles. The molecule has 3 rings (SSSR count). The van der Waals surface area contributed by atoms with Gasteiger partial charge in [0.25, 0.3) is 5.91 Å². The number of hydrogen-bond acceptors (Lipinski definition) is 5. The van der Waals surface area contributed by atoms with Gasteiger partial charge in [-0.25, -0.2) is 4.79 Å². The fourth-order valence-electron chi connectivity index (χ4n) is 2.90. The SMILES string of the molecule is COc1ccc(CN2C(=O)NC(CCC(=O)NCc3cccnc3)C2=O)cc1. The number of urea groups is 1. The maximum Gasteiger partial charge on any atom is 0.325 e. The van der Waals surface area contributed by atoms with E-state index in [-0.39, 0.29) is 31.2 Å². The number of aromatic nitrogens is 1. The Kier molecular flexibility index (Phi) is 6.21. The lowest BCUT2D eigenvalue weighted by Gasteiger charge is -2.13. The van der Waals surface area contributed by atoms with E-state index in [1.807, 2.05) is 6.07 Å². The fourth-order valence-corrected chi connectivity index (χ4v) is 2.90. The number of carbonyl (C=O) groups is 3. The minimum atomic E-state index is -0.685. The summed E-state index contributed by atoms with van der Waals surface area (Å²) in [6.45, 7) is 0.555. The van der Waals surface area contributed by atoms with E-state index in [0.717, 1.165) is 11.1 Å². The maximum absolute atomic E-state index is 12.5. The standard InChI is InChI=1S/C20H22N4O4/c1-28-16-6-4-14(5-7-16)13-24-19(26)17(23-20(24)27)8-9-18(25)22-12-15-3-2-10-21-11-15/h2-7,10-11,17H,8-9,12-13H2,1H3,(H,22,25)(H,23,27). The normalized spacial score (nSPS) is 16.0. The number of nitrogens with one attached hydrogen (secondary N) is 2. The van der Waals surface area contributed by atoms with Crippen LogP contribution in [0.25, 0.3) is 0 Å². The third-order valence-corrected chi connectivity index (χ3v) is 4.48. The summed E-state index contributed by atoms with van der Waals surface area (Å²) in [4.78, 5) is 41.8. The molecular formula is C20H22N4O4. The third-order valence-electron chi connectivity index (χ3n) is 4.48. The molecule has 8 heteroatoms. The summed E-state index contributed by atoms with van der Waals surface area (Å²) in [5.74, 6) is 0.205. The van der Waals surface area contributed by atoms with Crippen LogP contribution in [-0.2, 0) is 22.7 Å². The van der Waals surface area contributed by atoms with Gasteiger partial charge in [0, 0.05) is 25.4 Å². The van der Waals surface area contributed by atoms with Crippen LogP contribution in [-0.4, -0.2) is 40.9 Å². The van der Waals surface area contributed by atoms with Crippen LogP contribution < -0.4 is 15.4 Å². The molecule has 1 fully saturated rings. The molecule has 1 aromatic heterocycles. The molecule has 1 saturated heterocycles. The Morgan fingerprint density at radius 3 is 2.68 bits per heavy atom. The van der Waals surface area contributed by atoms with Gasteiger partial charge >= 0.3 is 6.03 Å². The molecule has 0 bridgehead atoms. The molecule has 1 atom stereocenters. The van der Waals surface area contributed by atoms with Gasteiger partial charge in [0.05, 0.1) is 13.7 Å². The van der Waals surface area contributed by atoms with E-state index in [9.17, 15) is 14.4 Å². The summed E-state index contributed by atoms with van der Waals surface area (Å²) >= 11 is 0. The molecule has 4 amide bonds. The molecule has 2 N–H and O–H groups in total. The molecule has 8 nitrogen and oxygen atoms in total. The van der Waals surface area contributed by atoms with Gasteiger partial charge in [-0.1, -0.05) is 18.2 Å². The first kappa shape index (κ1) is 19.3. The highest BCUT2D eigenvalue weighted by molar-refractivity contribution is 6.04. The largest absolute Gasteiger partial charge is 0.497 e. The van der Waals surface area contributed by atoms with Gasteiger partial charge < -0.3 is 15.4 Å². The maximum atomic E-state index is 12.5. The van der Waals surface area contributed by atoms with Gasteiger partial charge in [-0.05, 0) is 35.7 Å². The van der Waals surface area contributed by atoms with Crippen LogP contribution in [0, 0.1) is 0 Å². The number of hydrogen-bond donors (Lipinski definition) is 2. The molecule has 1 aliphatic rings. The zero-order valence-corrected chi connectivity index (χ0v) is 15.6. The van der Waals surface area contributed by atoms with Crippen LogP contribution in [0.3, 0.4) is 0 Å². The second-order valence-electron chi connectivity index (χ2n) is 6.45. The monoisotopic (exact) mass is 382 g/mol. The van der Waals surface area contributed by atoms with Gasteiger partial charge in [0.2, 0.25) is 5.91 Å². The van der Waals surface area contributed by atoms with Crippen LogP contribution in [0.1, 0.15) is 24.0 Å². The van der Waals surface area contributed by atoms with Gasteiger partial charge in [-0.3, -0.25) is 19.5 Å². The smallest absolute Gasteiger partial charge is 0.325 e. The van der Waals surface area contributed by atoms with Crippen LogP contribution >= 0.6 is 0 Å². The highest BCUT2D eigenvalue weighted by Crippen LogP contribution is 2.17. The number of methoxy groups -OCH3 is 1. The first-order chi connectivity index (χ1) is 13.6. The Bertz CT molecular complexity index is 839. The first-order valence-corrected chi connectivity index (χ1v) is 8.97. The van der Waals surface area contributed by atoms with Crippen LogP contribution in [0.5, 0.6) is 5.75 Å². The second kappa shape index (κ2) is 8.98. The summed E-state index contributed by atoms with van der Waals surface area (Å²) in [6, 6.07) is 9.69. The number of amides is 4. The summed E-state index contributed by atoms with van der Waals surface area (Å²) in [5, 5.41) is 5.43. The second-order valence-corrected chi connectivity index (χ2v) is 6.45. The number of rotatable bonds is 8. The van der Waals surface area contributed by atoms with Gasteiger partial charge in [-0.2, -0.15) is 0 Å². The van der Waals surface area contributed by atoms with E-state index in [4.69, 9.17) is 4.74 Å². The van der Waals surface area contributed by atoms with E-state index >= 15 is 0 Å². The molecule has 2 aromatic rings. The topological polar surface area (TPSA) is 101 Å². The Morgan fingerprint density at radius 2 is 2.00 bits per heavy atom. The Labute approximate surface area is 162 Å². The molecule has 1 aromatic carbocycles. The van der Waals surface area contributed by atoms with Crippen molar-refractivity contribution in [2.45, 2.75) is 32.0 Å². The Hall–Kier alpha value is -3.42. The average Bonchev–Trinajstić information content (AvgIpc) is 2.99. The number of carbonyl (C=O) groups excluding carboxylic acids is 3. The minimum absolute atomic E-state index is 0.146. The Balaban J connectivity index is 1.48. The zero-order chi connectivity index (χ0) is 19.9. The molecule has 1 unspecified atom stereocenters. The number of imide groups is 1. The number of benzene rings is 1. The van der Waals surface area contributed by atoms with Crippen molar-refractivity contribution < 1.29 is 19.1 Å². The van der Waals surface area contributed by atoms with Crippen LogP contribution in [0.15, 0.2) is 48.8 Å². The highest BCUT2D eigenvalue weighted by atomic mass is 16.5. The molecule has 146 valence electrons. The van der Waals surface area contributed by atoms with Crippen molar-refractivity contribution in [3.63, 3.8) is 0 Å². The average molecular weight is 382 g/mol. The minimum Gasteiger partial charge on any atom is -0.497 e. The summed E-state index contributed by atoms with van der Waals surface area (Å²) in [7, 11) is 1.57. The van der Waals surface area contributed by atoms with Crippen molar-refractivity contribution >= 4 is 17.8 Å². The first-order valence-electron chi connectivity index (χ1n) is 8.97. The van der Waals surface area contributed by atoms with Crippen LogP contribution in [0.4, 0.5) is 4.79 Å². The Morgan fingerprint density at radius 1 is 1.21 bits per heavy atom. The van der Waals surface area contributed by atoms with E-state index < -0.39 is 12.1 Å². The lowest BCUT2D eigenvalue weighted by atomic mass is 10.1. The van der Waals surface area contributed by atoms with E-state index in [1.54, 1.807) is 49.8 Å². The molecule has 0 saturated carbocycles. The van der Waals surface area contributed by atoms with Crippen molar-refractivity contribution in [2.75, 3.05) is 7.11 Å². The molecular weight excluding hydrogens is 360 g/mol. The van der Waals surface area contributed by atoms with E-state index in [1.165, 1.54) is 4.90 Å². The summed E-state index contributed by atoms with van der Waals surface area (Å²) < 4.78 is 5.10. The lowest BCUT2D eigenvalue weighted by Crippen LogP contribution is -2.32. The van der Waals surface area contributed by atoms with E-state index in [2.05, 4.69) is 15.6 Å². The van der Waals surface area contributed by atoms with Crippen molar-refractivity contribution in [2.24, 2.45) is 0 Å². The fraction of sp³-hybridized carbons (Fsp3) is 0.300. The van der Waals surface area contributed by atoms with Gasteiger partial charge in [0.1, 0.15) is 11.8 Å². The van der Waals surface area contributed by atoms with Gasteiger partial charge in [-0.15, -0.1) is 0 Å². The molecule has 0 radical (unpaired) electrons. The number of pyridine rings is 1. The quantitative estimate of drug-likeness (QED) is 0.676. The van der Waals surface area contributed by atoms with E-state index in [0.29, 0.717) is 12.3 Å².